The predicted molar refractivity (Wildman–Crippen MR) is 53.0 cm³/mol. The zero-order chi connectivity index (χ0) is 8.72. The average molecular weight is 164 g/mol. The van der Waals surface area contributed by atoms with E-state index in [4.69, 9.17) is 0 Å². The van der Waals surface area contributed by atoms with Crippen LogP contribution in [0.5, 0.6) is 0 Å². The zero-order valence-corrected chi connectivity index (χ0v) is 8.56. The Morgan fingerprint density at radius 2 is 1.75 bits per heavy atom. The predicted octanol–water partition coefficient (Wildman–Crippen LogP) is 3.78. The molecule has 0 heteroatoms. The molecule has 2 saturated carbocycles. The summed E-state index contributed by atoms with van der Waals surface area (Å²) < 4.78 is 0. The first-order valence-corrected chi connectivity index (χ1v) is 5.42. The fourth-order valence-electron chi connectivity index (χ4n) is 2.61. The van der Waals surface area contributed by atoms with Gasteiger partial charge in [0.2, 0.25) is 0 Å². The molecular weight excluding hydrogens is 144 g/mol. The van der Waals surface area contributed by atoms with Crippen LogP contribution in [0.25, 0.3) is 0 Å². The summed E-state index contributed by atoms with van der Waals surface area (Å²) >= 11 is 0. The first-order chi connectivity index (χ1) is 5.70. The maximum atomic E-state index is 2.43. The Morgan fingerprint density at radius 3 is 2.33 bits per heavy atom. The van der Waals surface area contributed by atoms with Gasteiger partial charge in [0.15, 0.2) is 0 Å². The molecule has 0 heterocycles. The molecule has 0 aromatic rings. The van der Waals surface area contributed by atoms with Crippen molar-refractivity contribution in [3.63, 3.8) is 0 Å². The molecule has 0 nitrogen and oxygen atoms in total. The van der Waals surface area contributed by atoms with Gasteiger partial charge in [0, 0.05) is 0 Å². The van der Waals surface area contributed by atoms with E-state index in [1.54, 1.807) is 0 Å². The SMILES string of the molecule is CC1CC1=C1CCCC(C)C1C. The Labute approximate surface area is 76.1 Å². The molecule has 3 atom stereocenters. The van der Waals surface area contributed by atoms with E-state index in [-0.39, 0.29) is 0 Å². The Hall–Kier alpha value is -0.260. The highest BCUT2D eigenvalue weighted by molar-refractivity contribution is 5.31. The largest absolute Gasteiger partial charge is 0.0676 e. The van der Waals surface area contributed by atoms with Crippen LogP contribution in [-0.2, 0) is 0 Å². The summed E-state index contributed by atoms with van der Waals surface area (Å²) in [5, 5.41) is 0. The molecule has 68 valence electrons. The third-order valence-corrected chi connectivity index (χ3v) is 3.88. The first-order valence-electron chi connectivity index (χ1n) is 5.42. The van der Waals surface area contributed by atoms with Crippen molar-refractivity contribution in [2.24, 2.45) is 17.8 Å². The Balaban J connectivity index is 2.15. The number of allylic oxidation sites excluding steroid dienone is 2. The highest BCUT2D eigenvalue weighted by Gasteiger charge is 2.32. The molecule has 12 heavy (non-hydrogen) atoms. The van der Waals surface area contributed by atoms with Crippen molar-refractivity contribution in [2.45, 2.75) is 46.5 Å². The second-order valence-electron chi connectivity index (χ2n) is 4.81. The normalized spacial score (nSPS) is 47.8. The third-order valence-electron chi connectivity index (χ3n) is 3.88. The van der Waals surface area contributed by atoms with E-state index < -0.39 is 0 Å². The third kappa shape index (κ3) is 1.32. The van der Waals surface area contributed by atoms with Crippen molar-refractivity contribution in [3.05, 3.63) is 11.1 Å². The van der Waals surface area contributed by atoms with E-state index in [2.05, 4.69) is 20.8 Å². The maximum Gasteiger partial charge on any atom is -0.0191 e. The Morgan fingerprint density at radius 1 is 1.08 bits per heavy atom. The van der Waals surface area contributed by atoms with Crippen LogP contribution in [0.4, 0.5) is 0 Å². The van der Waals surface area contributed by atoms with Gasteiger partial charge in [0.05, 0.1) is 0 Å². The van der Waals surface area contributed by atoms with Crippen molar-refractivity contribution < 1.29 is 0 Å². The van der Waals surface area contributed by atoms with Crippen molar-refractivity contribution >= 4 is 0 Å². The minimum atomic E-state index is 0.888. The molecule has 0 spiro atoms. The van der Waals surface area contributed by atoms with E-state index in [1.165, 1.54) is 25.7 Å². The minimum absolute atomic E-state index is 0.888. The van der Waals surface area contributed by atoms with Gasteiger partial charge in [-0.3, -0.25) is 0 Å². The molecule has 0 amide bonds. The van der Waals surface area contributed by atoms with Crippen LogP contribution in [0, 0.1) is 17.8 Å². The lowest BCUT2D eigenvalue weighted by Crippen LogP contribution is -2.16. The summed E-state index contributed by atoms with van der Waals surface area (Å²) in [4.78, 5) is 0. The molecule has 0 radical (unpaired) electrons. The Bertz CT molecular complexity index is 212. The summed E-state index contributed by atoms with van der Waals surface area (Å²) in [6.07, 6.45) is 5.71. The van der Waals surface area contributed by atoms with Crippen LogP contribution in [0.3, 0.4) is 0 Å². The van der Waals surface area contributed by atoms with Crippen LogP contribution in [-0.4, -0.2) is 0 Å². The molecule has 2 fully saturated rings. The van der Waals surface area contributed by atoms with Gasteiger partial charge in [0.25, 0.3) is 0 Å². The lowest BCUT2D eigenvalue weighted by molar-refractivity contribution is 0.348. The Kier molecular flexibility index (Phi) is 2.02. The van der Waals surface area contributed by atoms with Gasteiger partial charge in [-0.15, -0.1) is 0 Å². The quantitative estimate of drug-likeness (QED) is 0.478. The molecule has 0 bridgehead atoms. The first kappa shape index (κ1) is 8.34. The monoisotopic (exact) mass is 164 g/mol. The number of hydrogen-bond donors (Lipinski definition) is 0. The van der Waals surface area contributed by atoms with E-state index in [1.807, 2.05) is 11.1 Å². The molecule has 2 aliphatic carbocycles. The summed E-state index contributed by atoms with van der Waals surface area (Å²) in [5.41, 5.74) is 3.65. The lowest BCUT2D eigenvalue weighted by atomic mass is 9.77. The second kappa shape index (κ2) is 2.90. The molecule has 2 rings (SSSR count). The molecule has 0 aromatic heterocycles. The van der Waals surface area contributed by atoms with Crippen LogP contribution in [0.15, 0.2) is 11.1 Å². The van der Waals surface area contributed by atoms with Crippen molar-refractivity contribution in [1.29, 1.82) is 0 Å². The van der Waals surface area contributed by atoms with Crippen molar-refractivity contribution in [2.75, 3.05) is 0 Å². The summed E-state index contributed by atoms with van der Waals surface area (Å²) in [7, 11) is 0. The van der Waals surface area contributed by atoms with Crippen LogP contribution >= 0.6 is 0 Å². The van der Waals surface area contributed by atoms with Gasteiger partial charge in [-0.1, -0.05) is 31.9 Å². The molecule has 2 aliphatic rings. The molecule has 0 N–H and O–H groups in total. The van der Waals surface area contributed by atoms with E-state index in [0.717, 1.165) is 17.8 Å². The van der Waals surface area contributed by atoms with Crippen molar-refractivity contribution in [1.82, 2.24) is 0 Å². The van der Waals surface area contributed by atoms with E-state index >= 15 is 0 Å². The fraction of sp³-hybridized carbons (Fsp3) is 0.833. The molecule has 0 aromatic carbocycles. The van der Waals surface area contributed by atoms with Crippen LogP contribution in [0.2, 0.25) is 0 Å². The van der Waals surface area contributed by atoms with E-state index in [9.17, 15) is 0 Å². The van der Waals surface area contributed by atoms with Gasteiger partial charge < -0.3 is 0 Å². The standard InChI is InChI=1S/C12H20/c1-8-5-4-6-11(10(8)3)12-7-9(12)2/h8-10H,4-7H2,1-3H3. The fourth-order valence-corrected chi connectivity index (χ4v) is 2.61. The topological polar surface area (TPSA) is 0 Å². The van der Waals surface area contributed by atoms with Gasteiger partial charge in [-0.2, -0.15) is 0 Å². The molecular formula is C12H20. The minimum Gasteiger partial charge on any atom is -0.0676 e. The molecule has 0 aliphatic heterocycles. The summed E-state index contributed by atoms with van der Waals surface area (Å²) in [6, 6.07) is 0. The van der Waals surface area contributed by atoms with Gasteiger partial charge in [0.1, 0.15) is 0 Å². The van der Waals surface area contributed by atoms with Crippen LogP contribution < -0.4 is 0 Å². The summed E-state index contributed by atoms with van der Waals surface area (Å²) in [5.74, 6) is 2.76. The van der Waals surface area contributed by atoms with Gasteiger partial charge in [-0.05, 0) is 43.4 Å². The van der Waals surface area contributed by atoms with Gasteiger partial charge in [-0.25, -0.2) is 0 Å². The highest BCUT2D eigenvalue weighted by Crippen LogP contribution is 2.47. The average Bonchev–Trinajstić information content (AvgIpc) is 2.73. The zero-order valence-electron chi connectivity index (χ0n) is 8.56. The number of hydrogen-bond acceptors (Lipinski definition) is 0. The van der Waals surface area contributed by atoms with Gasteiger partial charge >= 0.3 is 0 Å². The molecule has 0 saturated heterocycles. The van der Waals surface area contributed by atoms with Crippen molar-refractivity contribution in [3.8, 4) is 0 Å². The summed E-state index contributed by atoms with van der Waals surface area (Å²) in [6.45, 7) is 7.21. The molecule has 3 unspecified atom stereocenters. The smallest absolute Gasteiger partial charge is 0.0191 e. The number of rotatable bonds is 0. The maximum absolute atomic E-state index is 2.43. The van der Waals surface area contributed by atoms with E-state index in [0.29, 0.717) is 0 Å². The lowest BCUT2D eigenvalue weighted by Gasteiger charge is -2.28. The van der Waals surface area contributed by atoms with Crippen LogP contribution in [0.1, 0.15) is 46.5 Å². The second-order valence-corrected chi connectivity index (χ2v) is 4.81. The highest BCUT2D eigenvalue weighted by atomic mass is 14.4.